The highest BCUT2D eigenvalue weighted by Crippen LogP contribution is 2.04. The van der Waals surface area contributed by atoms with Gasteiger partial charge in [-0.15, -0.1) is 0 Å². The molecule has 1 heterocycles. The van der Waals surface area contributed by atoms with E-state index in [9.17, 15) is 0 Å². The summed E-state index contributed by atoms with van der Waals surface area (Å²) >= 11 is 0. The van der Waals surface area contributed by atoms with Gasteiger partial charge in [-0.05, 0) is 0 Å². The molecule has 0 aromatic heterocycles. The van der Waals surface area contributed by atoms with Crippen LogP contribution in [0.5, 0.6) is 0 Å². The molecular weight excluding hydrogens is 134 g/mol. The van der Waals surface area contributed by atoms with Crippen LogP contribution in [0.15, 0.2) is 4.99 Å². The van der Waals surface area contributed by atoms with E-state index in [0.717, 1.165) is 0 Å². The summed E-state index contributed by atoms with van der Waals surface area (Å²) < 4.78 is 5.03. The monoisotopic (exact) mass is 145 g/mol. The van der Waals surface area contributed by atoms with Crippen LogP contribution in [0, 0.1) is 5.92 Å². The van der Waals surface area contributed by atoms with Gasteiger partial charge in [-0.1, -0.05) is 0 Å². The van der Waals surface area contributed by atoms with E-state index in [1.54, 1.807) is 0 Å². The first-order valence-corrected chi connectivity index (χ1v) is 3.27. The number of rotatable bonds is 3. The Hall–Kier alpha value is -0.610. The van der Waals surface area contributed by atoms with Crippen molar-refractivity contribution in [2.75, 3.05) is 26.4 Å². The fraction of sp³-hybridized carbons (Fsp3) is 0.833. The van der Waals surface area contributed by atoms with Gasteiger partial charge in [0.2, 0.25) is 0 Å². The van der Waals surface area contributed by atoms with Crippen LogP contribution >= 0.6 is 0 Å². The van der Waals surface area contributed by atoms with Gasteiger partial charge in [0.15, 0.2) is 5.90 Å². The summed E-state index contributed by atoms with van der Waals surface area (Å²) in [5.41, 5.74) is 0. The minimum atomic E-state index is -0.317. The quantitative estimate of drug-likeness (QED) is 0.536. The molecule has 4 nitrogen and oxygen atoms in total. The highest BCUT2D eigenvalue weighted by Gasteiger charge is 2.18. The van der Waals surface area contributed by atoms with Crippen LogP contribution in [0.1, 0.15) is 0 Å². The Morgan fingerprint density at radius 2 is 2.20 bits per heavy atom. The molecule has 0 aromatic rings. The summed E-state index contributed by atoms with van der Waals surface area (Å²) in [6, 6.07) is 0. The molecule has 0 saturated heterocycles. The smallest absolute Gasteiger partial charge is 0.191 e. The number of aliphatic imine (C=N–C) groups is 1. The third kappa shape index (κ3) is 1.46. The molecule has 0 unspecified atom stereocenters. The summed E-state index contributed by atoms with van der Waals surface area (Å²) in [5.74, 6) is 0.174. The minimum absolute atomic E-state index is 0.102. The minimum Gasteiger partial charge on any atom is -0.479 e. The van der Waals surface area contributed by atoms with Gasteiger partial charge in [0, 0.05) is 0 Å². The average Bonchev–Trinajstić information content (AvgIpc) is 2.43. The lowest BCUT2D eigenvalue weighted by Gasteiger charge is -2.09. The first-order chi connectivity index (χ1) is 4.88. The molecule has 0 spiro atoms. The largest absolute Gasteiger partial charge is 0.479 e. The molecule has 0 fully saturated rings. The van der Waals surface area contributed by atoms with Crippen molar-refractivity contribution in [2.24, 2.45) is 10.9 Å². The second kappa shape index (κ2) is 3.53. The molecule has 4 heteroatoms. The van der Waals surface area contributed by atoms with Gasteiger partial charge in [-0.3, -0.25) is 4.99 Å². The normalized spacial score (nSPS) is 17.3. The Balaban J connectivity index is 2.44. The molecule has 0 radical (unpaired) electrons. The number of nitrogens with zero attached hydrogens (tertiary/aromatic N) is 1. The van der Waals surface area contributed by atoms with E-state index in [4.69, 9.17) is 14.9 Å². The fourth-order valence-corrected chi connectivity index (χ4v) is 0.813. The van der Waals surface area contributed by atoms with Crippen molar-refractivity contribution in [3.05, 3.63) is 0 Å². The predicted octanol–water partition coefficient (Wildman–Crippen LogP) is -0.984. The molecule has 10 heavy (non-hydrogen) atoms. The van der Waals surface area contributed by atoms with Crippen molar-refractivity contribution in [3.63, 3.8) is 0 Å². The standard InChI is InChI=1S/C6H11NO3/c8-3-5(4-9)6-7-1-2-10-6/h5,8-9H,1-4H2. The van der Waals surface area contributed by atoms with Crippen molar-refractivity contribution in [3.8, 4) is 0 Å². The Labute approximate surface area is 59.2 Å². The van der Waals surface area contributed by atoms with Crippen LogP contribution < -0.4 is 0 Å². The van der Waals surface area contributed by atoms with E-state index in [0.29, 0.717) is 19.0 Å². The molecular formula is C6H11NO3. The van der Waals surface area contributed by atoms with E-state index in [2.05, 4.69) is 4.99 Å². The van der Waals surface area contributed by atoms with Gasteiger partial charge in [-0.2, -0.15) is 0 Å². The van der Waals surface area contributed by atoms with Crippen molar-refractivity contribution in [1.29, 1.82) is 0 Å². The number of aliphatic hydroxyl groups is 2. The Morgan fingerprint density at radius 1 is 1.50 bits per heavy atom. The zero-order valence-electron chi connectivity index (χ0n) is 5.66. The van der Waals surface area contributed by atoms with Gasteiger partial charge in [-0.25, -0.2) is 0 Å². The number of hydrogen-bond acceptors (Lipinski definition) is 4. The van der Waals surface area contributed by atoms with Crippen LogP contribution in [0.2, 0.25) is 0 Å². The van der Waals surface area contributed by atoms with Crippen LogP contribution in [0.3, 0.4) is 0 Å². The Kier molecular flexibility index (Phi) is 2.65. The van der Waals surface area contributed by atoms with E-state index in [-0.39, 0.29) is 19.1 Å². The van der Waals surface area contributed by atoms with Gasteiger partial charge < -0.3 is 14.9 Å². The van der Waals surface area contributed by atoms with Crippen LogP contribution in [0.4, 0.5) is 0 Å². The lowest BCUT2D eigenvalue weighted by atomic mass is 10.2. The van der Waals surface area contributed by atoms with Gasteiger partial charge in [0.1, 0.15) is 6.61 Å². The van der Waals surface area contributed by atoms with E-state index < -0.39 is 0 Å². The van der Waals surface area contributed by atoms with Crippen LogP contribution in [-0.4, -0.2) is 42.5 Å². The van der Waals surface area contributed by atoms with Crippen molar-refractivity contribution in [1.82, 2.24) is 0 Å². The van der Waals surface area contributed by atoms with E-state index >= 15 is 0 Å². The highest BCUT2D eigenvalue weighted by molar-refractivity contribution is 5.80. The topological polar surface area (TPSA) is 62.0 Å². The molecule has 1 aliphatic rings. The maximum atomic E-state index is 8.67. The molecule has 1 rings (SSSR count). The highest BCUT2D eigenvalue weighted by atomic mass is 16.5. The van der Waals surface area contributed by atoms with Crippen molar-refractivity contribution >= 4 is 5.90 Å². The maximum Gasteiger partial charge on any atom is 0.191 e. The van der Waals surface area contributed by atoms with Gasteiger partial charge >= 0.3 is 0 Å². The Morgan fingerprint density at radius 3 is 2.60 bits per heavy atom. The molecule has 0 atom stereocenters. The second-order valence-corrected chi connectivity index (χ2v) is 2.13. The lowest BCUT2D eigenvalue weighted by molar-refractivity contribution is 0.169. The third-order valence-corrected chi connectivity index (χ3v) is 1.40. The van der Waals surface area contributed by atoms with Gasteiger partial charge in [0.25, 0.3) is 0 Å². The molecule has 2 N–H and O–H groups in total. The molecule has 0 aromatic carbocycles. The molecule has 0 saturated carbocycles. The third-order valence-electron chi connectivity index (χ3n) is 1.40. The first kappa shape index (κ1) is 7.50. The molecule has 58 valence electrons. The Bertz CT molecular complexity index is 131. The van der Waals surface area contributed by atoms with Crippen molar-refractivity contribution in [2.45, 2.75) is 0 Å². The number of hydrogen-bond donors (Lipinski definition) is 2. The van der Waals surface area contributed by atoms with Crippen molar-refractivity contribution < 1.29 is 14.9 Å². The zero-order valence-corrected chi connectivity index (χ0v) is 5.66. The first-order valence-electron chi connectivity index (χ1n) is 3.27. The average molecular weight is 145 g/mol. The predicted molar refractivity (Wildman–Crippen MR) is 35.9 cm³/mol. The summed E-state index contributed by atoms with van der Waals surface area (Å²) in [6.45, 7) is 1.02. The van der Waals surface area contributed by atoms with E-state index in [1.165, 1.54) is 0 Å². The molecule has 0 bridgehead atoms. The molecule has 1 aliphatic heterocycles. The fourth-order valence-electron chi connectivity index (χ4n) is 0.813. The maximum absolute atomic E-state index is 8.67. The summed E-state index contributed by atoms with van der Waals surface area (Å²) in [5, 5.41) is 17.3. The zero-order chi connectivity index (χ0) is 7.40. The SMILES string of the molecule is OCC(CO)C1=NCCO1. The number of aliphatic hydroxyl groups excluding tert-OH is 2. The summed E-state index contributed by atoms with van der Waals surface area (Å²) in [7, 11) is 0. The molecule has 0 aliphatic carbocycles. The van der Waals surface area contributed by atoms with E-state index in [1.807, 2.05) is 0 Å². The summed E-state index contributed by atoms with van der Waals surface area (Å²) in [4.78, 5) is 3.95. The number of ether oxygens (including phenoxy) is 1. The van der Waals surface area contributed by atoms with Gasteiger partial charge in [0.05, 0.1) is 25.7 Å². The van der Waals surface area contributed by atoms with Crippen LogP contribution in [-0.2, 0) is 4.74 Å². The molecule has 0 amide bonds. The summed E-state index contributed by atoms with van der Waals surface area (Å²) in [6.07, 6.45) is 0. The lowest BCUT2D eigenvalue weighted by Crippen LogP contribution is -2.22. The second-order valence-electron chi connectivity index (χ2n) is 2.13. The van der Waals surface area contributed by atoms with Crippen LogP contribution in [0.25, 0.3) is 0 Å².